The summed E-state index contributed by atoms with van der Waals surface area (Å²) in [6, 6.07) is 0. The van der Waals surface area contributed by atoms with Crippen LogP contribution in [-0.2, 0) is 4.74 Å². The molecule has 2 nitrogen and oxygen atoms in total. The van der Waals surface area contributed by atoms with Crippen molar-refractivity contribution >= 4 is 5.90 Å². The Morgan fingerprint density at radius 1 is 0.955 bits per heavy atom. The number of hydrogen-bond donors (Lipinski definition) is 0. The van der Waals surface area contributed by atoms with Crippen LogP contribution in [0.25, 0.3) is 0 Å². The molecule has 0 bridgehead atoms. The van der Waals surface area contributed by atoms with Crippen molar-refractivity contribution in [3.8, 4) is 0 Å². The molecule has 2 heteroatoms. The van der Waals surface area contributed by atoms with Crippen LogP contribution in [0.5, 0.6) is 0 Å². The zero-order chi connectivity index (χ0) is 16.1. The van der Waals surface area contributed by atoms with Crippen LogP contribution in [0.2, 0.25) is 0 Å². The standard InChI is InChI=1S/C20H33NO/c1-4-5-6-7-8-9-10-11-12-13-14-15-16-17-19-21-20(2,3)18-22-19/h5-6,8-9,11-12H,4,7,10,13-18H2,1-3H3/b6-5-,9-8-,12-11-. The Bertz CT molecular complexity index is 402. The lowest BCUT2D eigenvalue weighted by atomic mass is 10.1. The number of unbranched alkanes of at least 4 members (excludes halogenated alkanes) is 3. The van der Waals surface area contributed by atoms with Crippen molar-refractivity contribution in [3.05, 3.63) is 36.5 Å². The van der Waals surface area contributed by atoms with Crippen LogP contribution in [0, 0.1) is 0 Å². The van der Waals surface area contributed by atoms with Crippen molar-refractivity contribution in [1.29, 1.82) is 0 Å². The predicted octanol–water partition coefficient (Wildman–Crippen LogP) is 6.00. The SMILES string of the molecule is CC/C=C\C/C=C\C/C=C\CCCCCC1=NC(C)(C)CO1. The number of rotatable bonds is 11. The highest BCUT2D eigenvalue weighted by molar-refractivity contribution is 5.78. The molecule has 124 valence electrons. The number of ether oxygens (including phenoxy) is 1. The molecule has 0 saturated heterocycles. The number of allylic oxidation sites excluding steroid dienone is 6. The molecule has 1 heterocycles. The molecular formula is C20H33NO. The summed E-state index contributed by atoms with van der Waals surface area (Å²) in [5, 5.41) is 0. The second-order valence-corrected chi connectivity index (χ2v) is 6.50. The molecular weight excluding hydrogens is 270 g/mol. The van der Waals surface area contributed by atoms with E-state index in [9.17, 15) is 0 Å². The van der Waals surface area contributed by atoms with Crippen molar-refractivity contribution in [2.75, 3.05) is 6.61 Å². The molecule has 0 atom stereocenters. The second-order valence-electron chi connectivity index (χ2n) is 6.50. The fourth-order valence-corrected chi connectivity index (χ4v) is 2.33. The van der Waals surface area contributed by atoms with E-state index >= 15 is 0 Å². The molecule has 0 aromatic heterocycles. The summed E-state index contributed by atoms with van der Waals surface area (Å²) < 4.78 is 5.60. The molecule has 0 unspecified atom stereocenters. The molecule has 0 saturated carbocycles. The van der Waals surface area contributed by atoms with Gasteiger partial charge in [-0.1, -0.05) is 49.8 Å². The average Bonchev–Trinajstić information content (AvgIpc) is 2.83. The van der Waals surface area contributed by atoms with Gasteiger partial charge in [0.2, 0.25) is 0 Å². The lowest BCUT2D eigenvalue weighted by Gasteiger charge is -2.07. The maximum atomic E-state index is 5.60. The van der Waals surface area contributed by atoms with Gasteiger partial charge in [-0.3, -0.25) is 0 Å². The van der Waals surface area contributed by atoms with Gasteiger partial charge in [0, 0.05) is 6.42 Å². The lowest BCUT2D eigenvalue weighted by Crippen LogP contribution is -2.17. The third-order valence-electron chi connectivity index (χ3n) is 3.56. The minimum atomic E-state index is -0.00206. The first-order valence-corrected chi connectivity index (χ1v) is 8.80. The van der Waals surface area contributed by atoms with Crippen LogP contribution in [0.3, 0.4) is 0 Å². The van der Waals surface area contributed by atoms with E-state index in [1.54, 1.807) is 0 Å². The van der Waals surface area contributed by atoms with Gasteiger partial charge in [-0.2, -0.15) is 0 Å². The van der Waals surface area contributed by atoms with Crippen LogP contribution < -0.4 is 0 Å². The zero-order valence-corrected chi connectivity index (χ0v) is 14.7. The van der Waals surface area contributed by atoms with Gasteiger partial charge in [0.25, 0.3) is 0 Å². The van der Waals surface area contributed by atoms with E-state index in [0.29, 0.717) is 0 Å². The molecule has 0 spiro atoms. The summed E-state index contributed by atoms with van der Waals surface area (Å²) in [5.41, 5.74) is -0.00206. The van der Waals surface area contributed by atoms with Crippen molar-refractivity contribution in [2.45, 2.75) is 77.7 Å². The quantitative estimate of drug-likeness (QED) is 0.339. The molecule has 1 aliphatic rings. The smallest absolute Gasteiger partial charge is 0.183 e. The Balaban J connectivity index is 1.93. The summed E-state index contributed by atoms with van der Waals surface area (Å²) in [6.45, 7) is 7.16. The molecule has 0 aromatic rings. The summed E-state index contributed by atoms with van der Waals surface area (Å²) in [5.74, 6) is 0.961. The van der Waals surface area contributed by atoms with E-state index < -0.39 is 0 Å². The highest BCUT2D eigenvalue weighted by atomic mass is 16.5. The number of nitrogens with zero attached hydrogens (tertiary/aromatic N) is 1. The van der Waals surface area contributed by atoms with Crippen LogP contribution in [0.15, 0.2) is 41.4 Å². The van der Waals surface area contributed by atoms with Crippen molar-refractivity contribution in [3.63, 3.8) is 0 Å². The van der Waals surface area contributed by atoms with Gasteiger partial charge in [0.15, 0.2) is 5.90 Å². The van der Waals surface area contributed by atoms with Gasteiger partial charge in [-0.05, 0) is 52.4 Å². The third-order valence-corrected chi connectivity index (χ3v) is 3.56. The fraction of sp³-hybridized carbons (Fsp3) is 0.650. The molecule has 0 N–H and O–H groups in total. The van der Waals surface area contributed by atoms with E-state index in [0.717, 1.165) is 38.2 Å². The van der Waals surface area contributed by atoms with Crippen LogP contribution in [0.1, 0.15) is 72.1 Å². The normalized spacial score (nSPS) is 17.7. The fourth-order valence-electron chi connectivity index (χ4n) is 2.33. The van der Waals surface area contributed by atoms with E-state index in [4.69, 9.17) is 4.74 Å². The van der Waals surface area contributed by atoms with Gasteiger partial charge in [-0.25, -0.2) is 4.99 Å². The van der Waals surface area contributed by atoms with Crippen molar-refractivity contribution in [2.24, 2.45) is 4.99 Å². The first kappa shape index (κ1) is 18.7. The molecule has 1 aliphatic heterocycles. The van der Waals surface area contributed by atoms with Crippen LogP contribution >= 0.6 is 0 Å². The van der Waals surface area contributed by atoms with Gasteiger partial charge in [-0.15, -0.1) is 0 Å². The van der Waals surface area contributed by atoms with E-state index in [-0.39, 0.29) is 5.54 Å². The Morgan fingerprint density at radius 3 is 2.27 bits per heavy atom. The van der Waals surface area contributed by atoms with Gasteiger partial charge in [0.05, 0.1) is 5.54 Å². The molecule has 22 heavy (non-hydrogen) atoms. The minimum Gasteiger partial charge on any atom is -0.478 e. The highest BCUT2D eigenvalue weighted by Gasteiger charge is 2.25. The maximum Gasteiger partial charge on any atom is 0.183 e. The van der Waals surface area contributed by atoms with Crippen molar-refractivity contribution in [1.82, 2.24) is 0 Å². The molecule has 0 aliphatic carbocycles. The maximum absolute atomic E-state index is 5.60. The van der Waals surface area contributed by atoms with Crippen LogP contribution in [-0.4, -0.2) is 18.0 Å². The Kier molecular flexibility index (Phi) is 9.61. The summed E-state index contributed by atoms with van der Waals surface area (Å²) in [6.07, 6.45) is 22.6. The Hall–Kier alpha value is -1.31. The highest BCUT2D eigenvalue weighted by Crippen LogP contribution is 2.19. The van der Waals surface area contributed by atoms with E-state index in [2.05, 4.69) is 62.2 Å². The minimum absolute atomic E-state index is 0.00206. The molecule has 0 amide bonds. The topological polar surface area (TPSA) is 21.6 Å². The van der Waals surface area contributed by atoms with Gasteiger partial charge < -0.3 is 4.74 Å². The summed E-state index contributed by atoms with van der Waals surface area (Å²) >= 11 is 0. The van der Waals surface area contributed by atoms with Gasteiger partial charge in [0.1, 0.15) is 6.61 Å². The summed E-state index contributed by atoms with van der Waals surface area (Å²) in [4.78, 5) is 4.58. The van der Waals surface area contributed by atoms with E-state index in [1.807, 2.05) is 0 Å². The molecule has 0 radical (unpaired) electrons. The monoisotopic (exact) mass is 303 g/mol. The lowest BCUT2D eigenvalue weighted by molar-refractivity contribution is 0.273. The van der Waals surface area contributed by atoms with Crippen LogP contribution in [0.4, 0.5) is 0 Å². The molecule has 1 rings (SSSR count). The Labute approximate surface area is 137 Å². The number of aliphatic imine (C=N–C) groups is 1. The van der Waals surface area contributed by atoms with E-state index in [1.165, 1.54) is 25.7 Å². The predicted molar refractivity (Wildman–Crippen MR) is 97.5 cm³/mol. The first-order valence-electron chi connectivity index (χ1n) is 8.80. The average molecular weight is 303 g/mol. The third kappa shape index (κ3) is 9.59. The van der Waals surface area contributed by atoms with Gasteiger partial charge >= 0.3 is 0 Å². The Morgan fingerprint density at radius 2 is 1.64 bits per heavy atom. The van der Waals surface area contributed by atoms with Crippen molar-refractivity contribution < 1.29 is 4.74 Å². The summed E-state index contributed by atoms with van der Waals surface area (Å²) in [7, 11) is 0. The zero-order valence-electron chi connectivity index (χ0n) is 14.7. The largest absolute Gasteiger partial charge is 0.478 e. The second kappa shape index (κ2) is 11.3. The number of hydrogen-bond acceptors (Lipinski definition) is 2. The molecule has 0 fully saturated rings. The molecule has 0 aromatic carbocycles. The first-order chi connectivity index (χ1) is 10.6.